The van der Waals surface area contributed by atoms with Crippen molar-refractivity contribution < 1.29 is 19.1 Å². The zero-order chi connectivity index (χ0) is 19.8. The molecule has 0 unspecified atom stereocenters. The molecule has 2 aliphatic rings. The Hall–Kier alpha value is -3.25. The molecular formula is C23H17NO4S. The molecule has 144 valence electrons. The molecule has 6 heteroatoms. The van der Waals surface area contributed by atoms with Gasteiger partial charge in [0.25, 0.3) is 11.1 Å². The van der Waals surface area contributed by atoms with E-state index in [0.29, 0.717) is 29.6 Å². The first-order valence-electron chi connectivity index (χ1n) is 9.31. The van der Waals surface area contributed by atoms with Gasteiger partial charge in [-0.25, -0.2) is 0 Å². The largest absolute Gasteiger partial charge is 0.486 e. The first-order valence-corrected chi connectivity index (χ1v) is 10.1. The Balaban J connectivity index is 1.42. The number of imide groups is 1. The number of hydrogen-bond donors (Lipinski definition) is 0. The maximum absolute atomic E-state index is 12.9. The molecule has 0 bridgehead atoms. The summed E-state index contributed by atoms with van der Waals surface area (Å²) in [6, 6.07) is 19.4. The van der Waals surface area contributed by atoms with Gasteiger partial charge in [-0.2, -0.15) is 0 Å². The first kappa shape index (κ1) is 17.8. The topological polar surface area (TPSA) is 55.8 Å². The number of benzene rings is 3. The van der Waals surface area contributed by atoms with Gasteiger partial charge in [0.2, 0.25) is 0 Å². The number of amides is 2. The van der Waals surface area contributed by atoms with Crippen LogP contribution in [0.2, 0.25) is 0 Å². The van der Waals surface area contributed by atoms with Gasteiger partial charge in [0.1, 0.15) is 13.2 Å². The second kappa shape index (κ2) is 7.29. The minimum Gasteiger partial charge on any atom is -0.486 e. The molecule has 2 heterocycles. The third-order valence-corrected chi connectivity index (χ3v) is 5.85. The smallest absolute Gasteiger partial charge is 0.293 e. The zero-order valence-electron chi connectivity index (χ0n) is 15.5. The Kier molecular flexibility index (Phi) is 4.48. The van der Waals surface area contributed by atoms with E-state index in [1.165, 1.54) is 4.90 Å². The van der Waals surface area contributed by atoms with Crippen LogP contribution < -0.4 is 9.47 Å². The molecule has 1 fully saturated rings. The lowest BCUT2D eigenvalue weighted by Gasteiger charge is -2.18. The van der Waals surface area contributed by atoms with Crippen LogP contribution in [-0.2, 0) is 11.3 Å². The summed E-state index contributed by atoms with van der Waals surface area (Å²) in [4.78, 5) is 27.2. The zero-order valence-corrected chi connectivity index (χ0v) is 16.3. The first-order chi connectivity index (χ1) is 14.2. The molecule has 0 N–H and O–H groups in total. The fourth-order valence-corrected chi connectivity index (χ4v) is 4.38. The Morgan fingerprint density at radius 1 is 0.931 bits per heavy atom. The summed E-state index contributed by atoms with van der Waals surface area (Å²) in [6.07, 6.45) is 1.73. The number of hydrogen-bond acceptors (Lipinski definition) is 5. The van der Waals surface area contributed by atoms with Gasteiger partial charge in [0.15, 0.2) is 11.5 Å². The lowest BCUT2D eigenvalue weighted by atomic mass is 10.0. The van der Waals surface area contributed by atoms with Crippen LogP contribution in [0.15, 0.2) is 65.6 Å². The van der Waals surface area contributed by atoms with Gasteiger partial charge in [0.05, 0.1) is 11.4 Å². The van der Waals surface area contributed by atoms with Crippen LogP contribution in [-0.4, -0.2) is 29.3 Å². The molecule has 5 nitrogen and oxygen atoms in total. The second-order valence-corrected chi connectivity index (χ2v) is 7.80. The summed E-state index contributed by atoms with van der Waals surface area (Å²) in [5.74, 6) is 1.07. The van der Waals surface area contributed by atoms with E-state index in [1.807, 2.05) is 60.7 Å². The van der Waals surface area contributed by atoms with Crippen molar-refractivity contribution in [2.75, 3.05) is 13.2 Å². The highest BCUT2D eigenvalue weighted by Gasteiger charge is 2.35. The van der Waals surface area contributed by atoms with Gasteiger partial charge in [0, 0.05) is 0 Å². The third kappa shape index (κ3) is 3.36. The molecule has 2 aliphatic heterocycles. The van der Waals surface area contributed by atoms with Crippen LogP contribution in [0, 0.1) is 0 Å². The Bertz CT molecular complexity index is 1170. The molecule has 5 rings (SSSR count). The minimum atomic E-state index is -0.275. The third-order valence-electron chi connectivity index (χ3n) is 4.95. The van der Waals surface area contributed by atoms with E-state index in [2.05, 4.69) is 0 Å². The summed E-state index contributed by atoms with van der Waals surface area (Å²) in [5, 5.41) is 1.88. The van der Waals surface area contributed by atoms with E-state index >= 15 is 0 Å². The van der Waals surface area contributed by atoms with Crippen molar-refractivity contribution in [2.24, 2.45) is 0 Å². The highest BCUT2D eigenvalue weighted by Crippen LogP contribution is 2.36. The SMILES string of the molecule is O=C1S/C(=C/c2ccc3c(c2)OCCO3)C(=O)N1Cc1cccc2ccccc12. The molecule has 2 amide bonds. The summed E-state index contributed by atoms with van der Waals surface area (Å²) in [6.45, 7) is 1.28. The number of fused-ring (bicyclic) bond motifs is 2. The van der Waals surface area contributed by atoms with Crippen molar-refractivity contribution in [3.63, 3.8) is 0 Å². The monoisotopic (exact) mass is 403 g/mol. The van der Waals surface area contributed by atoms with Gasteiger partial charge in [-0.1, -0.05) is 48.5 Å². The number of carbonyl (C=O) groups is 2. The van der Waals surface area contributed by atoms with Crippen molar-refractivity contribution in [3.05, 3.63) is 76.7 Å². The molecule has 1 saturated heterocycles. The van der Waals surface area contributed by atoms with E-state index in [4.69, 9.17) is 9.47 Å². The van der Waals surface area contributed by atoms with Crippen molar-refractivity contribution in [1.29, 1.82) is 0 Å². The average molecular weight is 403 g/mol. The van der Waals surface area contributed by atoms with E-state index < -0.39 is 0 Å². The predicted molar refractivity (Wildman–Crippen MR) is 113 cm³/mol. The minimum absolute atomic E-state index is 0.254. The lowest BCUT2D eigenvalue weighted by Crippen LogP contribution is -2.27. The molecule has 0 atom stereocenters. The number of nitrogens with zero attached hydrogens (tertiary/aromatic N) is 1. The average Bonchev–Trinajstić information content (AvgIpc) is 3.01. The number of ether oxygens (including phenoxy) is 2. The van der Waals surface area contributed by atoms with Crippen LogP contribution in [0.1, 0.15) is 11.1 Å². The number of thioether (sulfide) groups is 1. The molecule has 0 saturated carbocycles. The fraction of sp³-hybridized carbons (Fsp3) is 0.130. The molecular weight excluding hydrogens is 386 g/mol. The van der Waals surface area contributed by atoms with Crippen molar-refractivity contribution in [1.82, 2.24) is 4.90 Å². The van der Waals surface area contributed by atoms with Gasteiger partial charge in [-0.15, -0.1) is 0 Å². The number of carbonyl (C=O) groups excluding carboxylic acids is 2. The summed E-state index contributed by atoms with van der Waals surface area (Å²) >= 11 is 0.965. The van der Waals surface area contributed by atoms with Gasteiger partial charge in [-0.3, -0.25) is 14.5 Å². The number of rotatable bonds is 3. The Morgan fingerprint density at radius 2 is 1.72 bits per heavy atom. The highest BCUT2D eigenvalue weighted by molar-refractivity contribution is 8.18. The van der Waals surface area contributed by atoms with Crippen LogP contribution in [0.4, 0.5) is 4.79 Å². The van der Waals surface area contributed by atoms with Crippen LogP contribution in [0.3, 0.4) is 0 Å². The van der Waals surface area contributed by atoms with Crippen molar-refractivity contribution >= 4 is 39.8 Å². The molecule has 0 aliphatic carbocycles. The Morgan fingerprint density at radius 3 is 2.62 bits per heavy atom. The van der Waals surface area contributed by atoms with Crippen molar-refractivity contribution in [3.8, 4) is 11.5 Å². The van der Waals surface area contributed by atoms with Gasteiger partial charge < -0.3 is 9.47 Å². The second-order valence-electron chi connectivity index (χ2n) is 6.81. The fourth-order valence-electron chi connectivity index (χ4n) is 3.54. The highest BCUT2D eigenvalue weighted by atomic mass is 32.2. The van der Waals surface area contributed by atoms with E-state index in [0.717, 1.165) is 33.7 Å². The summed E-state index contributed by atoms with van der Waals surface area (Å²) < 4.78 is 11.1. The van der Waals surface area contributed by atoms with Gasteiger partial charge >= 0.3 is 0 Å². The van der Waals surface area contributed by atoms with Crippen LogP contribution >= 0.6 is 11.8 Å². The molecule has 3 aromatic carbocycles. The maximum atomic E-state index is 12.9. The van der Waals surface area contributed by atoms with Crippen molar-refractivity contribution in [2.45, 2.75) is 6.54 Å². The molecule has 0 spiro atoms. The van der Waals surface area contributed by atoms with Crippen LogP contribution in [0.25, 0.3) is 16.8 Å². The maximum Gasteiger partial charge on any atom is 0.293 e. The van der Waals surface area contributed by atoms with Gasteiger partial charge in [-0.05, 0) is 51.9 Å². The van der Waals surface area contributed by atoms with E-state index in [9.17, 15) is 9.59 Å². The molecule has 3 aromatic rings. The molecule has 0 aromatic heterocycles. The quantitative estimate of drug-likeness (QED) is 0.585. The normalized spacial score (nSPS) is 17.4. The van der Waals surface area contributed by atoms with E-state index in [-0.39, 0.29) is 17.7 Å². The summed E-state index contributed by atoms with van der Waals surface area (Å²) in [7, 11) is 0. The van der Waals surface area contributed by atoms with Crippen LogP contribution in [0.5, 0.6) is 11.5 Å². The Labute approximate surface area is 171 Å². The van der Waals surface area contributed by atoms with E-state index in [1.54, 1.807) is 6.08 Å². The predicted octanol–water partition coefficient (Wildman–Crippen LogP) is 4.85. The lowest BCUT2D eigenvalue weighted by molar-refractivity contribution is -0.123. The molecule has 0 radical (unpaired) electrons. The standard InChI is InChI=1S/C23H17NO4S/c25-22-21(13-15-8-9-19-20(12-15)28-11-10-27-19)29-23(26)24(22)14-17-6-3-5-16-4-1-2-7-18(16)17/h1-9,12-13H,10-11,14H2/b21-13+. The molecule has 29 heavy (non-hydrogen) atoms. The summed E-state index contributed by atoms with van der Waals surface area (Å²) in [5.41, 5.74) is 1.75.